The normalized spacial score (nSPS) is 23.4. The van der Waals surface area contributed by atoms with Crippen LogP contribution in [0.5, 0.6) is 5.75 Å². The van der Waals surface area contributed by atoms with Gasteiger partial charge >= 0.3 is 0 Å². The van der Waals surface area contributed by atoms with Crippen molar-refractivity contribution >= 4 is 5.69 Å². The van der Waals surface area contributed by atoms with E-state index in [1.807, 2.05) is 0 Å². The number of piperidine rings is 1. The Morgan fingerprint density at radius 1 is 1.00 bits per heavy atom. The Hall–Kier alpha value is -2.24. The highest BCUT2D eigenvalue weighted by Crippen LogP contribution is 2.36. The number of hydrogen-bond donors (Lipinski definition) is 2. The van der Waals surface area contributed by atoms with E-state index in [-0.39, 0.29) is 30.8 Å². The third kappa shape index (κ3) is 9.14. The average Bonchev–Trinajstić information content (AvgIpc) is 3.86. The number of rotatable bonds is 17. The first-order valence-corrected chi connectivity index (χ1v) is 15.9. The van der Waals surface area contributed by atoms with Crippen molar-refractivity contribution in [3.05, 3.63) is 59.2 Å². The lowest BCUT2D eigenvalue weighted by Crippen LogP contribution is -2.51. The summed E-state index contributed by atoms with van der Waals surface area (Å²) < 4.78 is 35.8. The third-order valence-electron chi connectivity index (χ3n) is 8.51. The van der Waals surface area contributed by atoms with Crippen LogP contribution in [0.15, 0.2) is 42.5 Å². The van der Waals surface area contributed by atoms with Crippen LogP contribution < -0.4 is 15.0 Å². The summed E-state index contributed by atoms with van der Waals surface area (Å²) in [5.74, 6) is 1.62. The van der Waals surface area contributed by atoms with E-state index in [1.54, 1.807) is 21.1 Å². The van der Waals surface area contributed by atoms with Crippen molar-refractivity contribution < 1.29 is 33.5 Å². The van der Waals surface area contributed by atoms with Crippen LogP contribution >= 0.6 is 0 Å². The summed E-state index contributed by atoms with van der Waals surface area (Å²) in [6.45, 7) is 8.47. The fourth-order valence-electron chi connectivity index (χ4n) is 5.98. The van der Waals surface area contributed by atoms with E-state index in [1.165, 1.54) is 12.8 Å². The Bertz CT molecular complexity index is 1110. The predicted molar refractivity (Wildman–Crippen MR) is 166 cm³/mol. The third-order valence-corrected chi connectivity index (χ3v) is 8.51. The molecular formula is C34H50N2O7. The molecule has 1 saturated carbocycles. The number of aliphatic hydroxyl groups is 1. The number of hydrogen-bond acceptors (Lipinski definition) is 9. The monoisotopic (exact) mass is 598 g/mol. The number of methoxy groups -OCH3 is 2. The van der Waals surface area contributed by atoms with Crippen LogP contribution in [0.1, 0.15) is 54.9 Å². The summed E-state index contributed by atoms with van der Waals surface area (Å²) in [4.78, 5) is 2.37. The minimum Gasteiger partial charge on any atom is -0.490 e. The SMILES string of the molecule is COCCCN1CCOc2ccc(CO[C@H]3CNC[C@@H](OC[C@@H](C)O)[C@@H]3c3ccc(C(COC)OCC4CC4)cc3)cc21. The zero-order valence-corrected chi connectivity index (χ0v) is 26.0. The van der Waals surface area contributed by atoms with Crippen molar-refractivity contribution in [1.29, 1.82) is 0 Å². The van der Waals surface area contributed by atoms with Crippen molar-refractivity contribution in [2.24, 2.45) is 5.92 Å². The fraction of sp³-hybridized carbons (Fsp3) is 0.647. The molecule has 2 aromatic carbocycles. The second-order valence-electron chi connectivity index (χ2n) is 12.1. The van der Waals surface area contributed by atoms with Crippen molar-refractivity contribution in [1.82, 2.24) is 5.32 Å². The maximum atomic E-state index is 9.96. The largest absolute Gasteiger partial charge is 0.490 e. The Balaban J connectivity index is 1.30. The first-order valence-electron chi connectivity index (χ1n) is 15.9. The molecule has 2 fully saturated rings. The van der Waals surface area contributed by atoms with Crippen molar-refractivity contribution in [3.8, 4) is 5.75 Å². The number of anilines is 1. The molecule has 1 saturated heterocycles. The van der Waals surface area contributed by atoms with Crippen LogP contribution in [-0.2, 0) is 30.3 Å². The molecule has 2 heterocycles. The summed E-state index contributed by atoms with van der Waals surface area (Å²) in [5, 5.41) is 13.5. The van der Waals surface area contributed by atoms with Crippen LogP contribution in [0.3, 0.4) is 0 Å². The topological polar surface area (TPSA) is 90.9 Å². The molecule has 2 aromatic rings. The number of benzene rings is 2. The number of aliphatic hydroxyl groups excluding tert-OH is 1. The highest BCUT2D eigenvalue weighted by Gasteiger charge is 2.36. The first-order chi connectivity index (χ1) is 21.1. The van der Waals surface area contributed by atoms with E-state index in [4.69, 9.17) is 28.4 Å². The van der Waals surface area contributed by atoms with E-state index >= 15 is 0 Å². The Kier molecular flexibility index (Phi) is 12.1. The lowest BCUT2D eigenvalue weighted by molar-refractivity contribution is -0.0752. The summed E-state index contributed by atoms with van der Waals surface area (Å²) >= 11 is 0. The van der Waals surface area contributed by atoms with Gasteiger partial charge in [-0.05, 0) is 60.9 Å². The summed E-state index contributed by atoms with van der Waals surface area (Å²) in [5.41, 5.74) is 4.50. The van der Waals surface area contributed by atoms with E-state index in [2.05, 4.69) is 52.7 Å². The molecule has 1 unspecified atom stereocenters. The Morgan fingerprint density at radius 3 is 2.51 bits per heavy atom. The molecule has 5 atom stereocenters. The van der Waals surface area contributed by atoms with Gasteiger partial charge in [-0.25, -0.2) is 0 Å². The number of nitrogens with zero attached hydrogens (tertiary/aromatic N) is 1. The highest BCUT2D eigenvalue weighted by molar-refractivity contribution is 5.61. The molecule has 0 radical (unpaired) electrons. The van der Waals surface area contributed by atoms with Gasteiger partial charge in [-0.15, -0.1) is 0 Å². The van der Waals surface area contributed by atoms with Gasteiger partial charge in [-0.3, -0.25) is 0 Å². The Labute approximate surface area is 256 Å². The van der Waals surface area contributed by atoms with Gasteiger partial charge in [-0.2, -0.15) is 0 Å². The number of fused-ring (bicyclic) bond motifs is 1. The predicted octanol–water partition coefficient (Wildman–Crippen LogP) is 4.07. The van der Waals surface area contributed by atoms with Crippen molar-refractivity contribution in [2.45, 2.75) is 63.1 Å². The van der Waals surface area contributed by atoms with Gasteiger partial charge in [0.1, 0.15) is 18.5 Å². The molecule has 9 nitrogen and oxygen atoms in total. The zero-order chi connectivity index (χ0) is 30.0. The summed E-state index contributed by atoms with van der Waals surface area (Å²) in [6.07, 6.45) is 2.64. The Morgan fingerprint density at radius 2 is 1.79 bits per heavy atom. The quantitative estimate of drug-likeness (QED) is 0.262. The van der Waals surface area contributed by atoms with Gasteiger partial charge < -0.3 is 43.7 Å². The standard InChI is InChI=1S/C34H50N2O7/c1-24(37)20-41-31-18-35-19-32(34(31)28-10-8-27(9-11-28)33(23-39-3)43-21-25-5-6-25)42-22-26-7-12-30-29(17-26)36(14-16-40-30)13-4-15-38-2/h7-12,17,24-25,31-35,37H,4-6,13-16,18-23H2,1-3H3/t24-,31-,32+,33?,34+/m1/s1. The van der Waals surface area contributed by atoms with Gasteiger partial charge in [0.15, 0.2) is 0 Å². The maximum absolute atomic E-state index is 9.96. The molecule has 1 aliphatic carbocycles. The van der Waals surface area contributed by atoms with E-state index in [9.17, 15) is 5.11 Å². The van der Waals surface area contributed by atoms with Gasteiger partial charge in [0.2, 0.25) is 0 Å². The van der Waals surface area contributed by atoms with Crippen LogP contribution in [0.25, 0.3) is 0 Å². The molecule has 238 valence electrons. The molecule has 9 heteroatoms. The van der Waals surface area contributed by atoms with E-state index in [0.29, 0.717) is 32.3 Å². The zero-order valence-electron chi connectivity index (χ0n) is 26.0. The second-order valence-corrected chi connectivity index (χ2v) is 12.1. The number of nitrogens with one attached hydrogen (secondary N) is 1. The van der Waals surface area contributed by atoms with Crippen LogP contribution in [0.2, 0.25) is 0 Å². The molecule has 0 aromatic heterocycles. The van der Waals surface area contributed by atoms with Gasteiger partial charge in [0.25, 0.3) is 0 Å². The molecule has 0 bridgehead atoms. The van der Waals surface area contributed by atoms with E-state index < -0.39 is 6.10 Å². The number of ether oxygens (including phenoxy) is 6. The molecule has 43 heavy (non-hydrogen) atoms. The first kappa shape index (κ1) is 32.2. The second kappa shape index (κ2) is 16.2. The van der Waals surface area contributed by atoms with Crippen LogP contribution in [-0.4, -0.2) is 96.9 Å². The molecular weight excluding hydrogens is 548 g/mol. The lowest BCUT2D eigenvalue weighted by Gasteiger charge is -2.39. The molecule has 2 aliphatic heterocycles. The van der Waals surface area contributed by atoms with Crippen molar-refractivity contribution in [3.63, 3.8) is 0 Å². The highest BCUT2D eigenvalue weighted by atomic mass is 16.5. The average molecular weight is 599 g/mol. The smallest absolute Gasteiger partial charge is 0.142 e. The van der Waals surface area contributed by atoms with Crippen LogP contribution in [0, 0.1) is 5.92 Å². The lowest BCUT2D eigenvalue weighted by atomic mass is 9.84. The molecule has 5 rings (SSSR count). The maximum Gasteiger partial charge on any atom is 0.142 e. The van der Waals surface area contributed by atoms with Gasteiger partial charge in [-0.1, -0.05) is 30.3 Å². The van der Waals surface area contributed by atoms with Gasteiger partial charge in [0, 0.05) is 46.4 Å². The van der Waals surface area contributed by atoms with Crippen LogP contribution in [0.4, 0.5) is 5.69 Å². The molecule has 3 aliphatic rings. The minimum atomic E-state index is -0.535. The summed E-state index contributed by atoms with van der Waals surface area (Å²) in [6, 6.07) is 15.0. The van der Waals surface area contributed by atoms with E-state index in [0.717, 1.165) is 67.4 Å². The summed E-state index contributed by atoms with van der Waals surface area (Å²) in [7, 11) is 3.46. The molecule has 2 N–H and O–H groups in total. The minimum absolute atomic E-state index is 0.00816. The molecule has 0 amide bonds. The molecule has 0 spiro atoms. The van der Waals surface area contributed by atoms with Crippen molar-refractivity contribution in [2.75, 3.05) is 78.3 Å². The van der Waals surface area contributed by atoms with Gasteiger partial charge in [0.05, 0.1) is 57.0 Å². The fourth-order valence-corrected chi connectivity index (χ4v) is 5.98.